The van der Waals surface area contributed by atoms with Gasteiger partial charge in [0.2, 0.25) is 23.6 Å². The van der Waals surface area contributed by atoms with E-state index < -0.39 is 17.9 Å². The Morgan fingerprint density at radius 3 is 2.25 bits per heavy atom. The van der Waals surface area contributed by atoms with E-state index in [0.29, 0.717) is 11.6 Å². The number of amides is 4. The van der Waals surface area contributed by atoms with Crippen LogP contribution >= 0.6 is 11.8 Å². The number of rotatable bonds is 2. The first-order chi connectivity index (χ1) is 11.6. The van der Waals surface area contributed by atoms with Crippen LogP contribution in [0.4, 0.5) is 0 Å². The van der Waals surface area contributed by atoms with E-state index in [1.54, 1.807) is 21.6 Å². The topological polar surface area (TPSA) is 86.8 Å². The molecule has 4 amide bonds. The van der Waals surface area contributed by atoms with Crippen LogP contribution in [0, 0.1) is 17.8 Å². The van der Waals surface area contributed by atoms with E-state index in [0.717, 1.165) is 25.7 Å². The van der Waals surface area contributed by atoms with Gasteiger partial charge in [-0.3, -0.25) is 24.5 Å². The van der Waals surface area contributed by atoms with Gasteiger partial charge in [-0.05, 0) is 12.8 Å². The quantitative estimate of drug-likeness (QED) is 0.697. The summed E-state index contributed by atoms with van der Waals surface area (Å²) in [5.74, 6) is -0.187. The van der Waals surface area contributed by atoms with Gasteiger partial charge in [0.15, 0.2) is 0 Å². The standard InChI is InChI=1S/C16H21N3O4S/c20-13-10-5-18(6-11(10)14(21)17-13)16(23)12-7-24-8-19(12)15(22)9-3-1-2-4-9/h9-12H,1-8H2,(H,17,20,21)/t10-,11+,12?. The number of likely N-dealkylation sites (tertiary alicyclic amines) is 1. The molecule has 3 aliphatic heterocycles. The van der Waals surface area contributed by atoms with Crippen LogP contribution < -0.4 is 5.32 Å². The summed E-state index contributed by atoms with van der Waals surface area (Å²) >= 11 is 1.60. The molecule has 24 heavy (non-hydrogen) atoms. The molecule has 4 rings (SSSR count). The number of thioether (sulfide) groups is 1. The molecule has 0 aromatic rings. The molecule has 0 aromatic carbocycles. The zero-order chi connectivity index (χ0) is 16.8. The van der Waals surface area contributed by atoms with Crippen molar-refractivity contribution in [2.75, 3.05) is 24.7 Å². The summed E-state index contributed by atoms with van der Waals surface area (Å²) < 4.78 is 0. The average molecular weight is 351 g/mol. The fourth-order valence-corrected chi connectivity index (χ4v) is 5.46. The molecule has 1 unspecified atom stereocenters. The normalized spacial score (nSPS) is 33.2. The third-order valence-corrected chi connectivity index (χ3v) is 6.72. The van der Waals surface area contributed by atoms with Gasteiger partial charge in [-0.15, -0.1) is 11.8 Å². The molecule has 1 aliphatic carbocycles. The number of nitrogens with zero attached hydrogens (tertiary/aromatic N) is 2. The van der Waals surface area contributed by atoms with Gasteiger partial charge in [0.05, 0.1) is 17.7 Å². The average Bonchev–Trinajstić information content (AvgIpc) is 3.34. The second-order valence-corrected chi connectivity index (χ2v) is 8.11. The Morgan fingerprint density at radius 2 is 1.62 bits per heavy atom. The van der Waals surface area contributed by atoms with Crippen LogP contribution in [0.5, 0.6) is 0 Å². The highest BCUT2D eigenvalue weighted by Crippen LogP contribution is 2.33. The minimum absolute atomic E-state index is 0.0596. The van der Waals surface area contributed by atoms with Crippen molar-refractivity contribution < 1.29 is 19.2 Å². The number of fused-ring (bicyclic) bond motifs is 1. The fraction of sp³-hybridized carbons (Fsp3) is 0.750. The minimum Gasteiger partial charge on any atom is -0.339 e. The molecule has 3 heterocycles. The predicted molar refractivity (Wildman–Crippen MR) is 86.6 cm³/mol. The lowest BCUT2D eigenvalue weighted by Gasteiger charge is -2.29. The number of imide groups is 1. The molecule has 0 bridgehead atoms. The molecule has 1 N–H and O–H groups in total. The summed E-state index contributed by atoms with van der Waals surface area (Å²) in [6, 6.07) is -0.444. The third kappa shape index (κ3) is 2.51. The van der Waals surface area contributed by atoms with Crippen LogP contribution in [-0.2, 0) is 19.2 Å². The van der Waals surface area contributed by atoms with Gasteiger partial charge < -0.3 is 9.80 Å². The first kappa shape index (κ1) is 15.9. The van der Waals surface area contributed by atoms with Crippen molar-refractivity contribution in [2.45, 2.75) is 31.7 Å². The molecule has 3 atom stereocenters. The molecule has 7 nitrogen and oxygen atoms in total. The van der Waals surface area contributed by atoms with E-state index in [-0.39, 0.29) is 42.6 Å². The molecule has 1 saturated carbocycles. The maximum absolute atomic E-state index is 12.9. The van der Waals surface area contributed by atoms with E-state index in [1.165, 1.54) is 0 Å². The van der Waals surface area contributed by atoms with Crippen LogP contribution in [-0.4, -0.2) is 64.2 Å². The van der Waals surface area contributed by atoms with Crippen LogP contribution in [0.15, 0.2) is 0 Å². The Bertz CT molecular complexity index is 582. The second-order valence-electron chi connectivity index (χ2n) is 7.11. The molecular weight excluding hydrogens is 330 g/mol. The highest BCUT2D eigenvalue weighted by molar-refractivity contribution is 7.99. The van der Waals surface area contributed by atoms with Crippen molar-refractivity contribution in [2.24, 2.45) is 17.8 Å². The Kier molecular flexibility index (Phi) is 4.02. The van der Waals surface area contributed by atoms with Gasteiger partial charge in [-0.1, -0.05) is 12.8 Å². The van der Waals surface area contributed by atoms with Gasteiger partial charge >= 0.3 is 0 Å². The molecule has 0 spiro atoms. The van der Waals surface area contributed by atoms with Crippen molar-refractivity contribution in [1.82, 2.24) is 15.1 Å². The summed E-state index contributed by atoms with van der Waals surface area (Å²) in [6.07, 6.45) is 4.01. The summed E-state index contributed by atoms with van der Waals surface area (Å²) in [4.78, 5) is 52.5. The number of hydrogen-bond acceptors (Lipinski definition) is 5. The van der Waals surface area contributed by atoms with E-state index in [9.17, 15) is 19.2 Å². The van der Waals surface area contributed by atoms with Crippen molar-refractivity contribution in [3.05, 3.63) is 0 Å². The van der Waals surface area contributed by atoms with Gasteiger partial charge in [-0.2, -0.15) is 0 Å². The molecule has 8 heteroatoms. The fourth-order valence-electron chi connectivity index (χ4n) is 4.30. The summed E-state index contributed by atoms with van der Waals surface area (Å²) in [5.41, 5.74) is 0. The molecule has 0 radical (unpaired) electrons. The molecule has 4 fully saturated rings. The van der Waals surface area contributed by atoms with E-state index >= 15 is 0 Å². The van der Waals surface area contributed by atoms with E-state index in [4.69, 9.17) is 0 Å². The first-order valence-corrected chi connectivity index (χ1v) is 9.73. The largest absolute Gasteiger partial charge is 0.339 e. The van der Waals surface area contributed by atoms with Gasteiger partial charge in [-0.25, -0.2) is 0 Å². The highest BCUT2D eigenvalue weighted by atomic mass is 32.2. The minimum atomic E-state index is -0.444. The van der Waals surface area contributed by atoms with Crippen LogP contribution in [0.3, 0.4) is 0 Å². The maximum Gasteiger partial charge on any atom is 0.246 e. The maximum atomic E-state index is 12.9. The van der Waals surface area contributed by atoms with E-state index in [1.807, 2.05) is 0 Å². The van der Waals surface area contributed by atoms with Crippen LogP contribution in [0.2, 0.25) is 0 Å². The molecule has 130 valence electrons. The summed E-state index contributed by atoms with van der Waals surface area (Å²) in [6.45, 7) is 0.571. The Labute approximate surface area is 144 Å². The predicted octanol–water partition coefficient (Wildman–Crippen LogP) is -0.191. The Hall–Kier alpha value is -1.57. The summed E-state index contributed by atoms with van der Waals surface area (Å²) in [7, 11) is 0. The van der Waals surface area contributed by atoms with Gasteiger partial charge in [0.1, 0.15) is 6.04 Å². The van der Waals surface area contributed by atoms with Crippen LogP contribution in [0.25, 0.3) is 0 Å². The lowest BCUT2D eigenvalue weighted by atomic mass is 10.00. The van der Waals surface area contributed by atoms with Gasteiger partial charge in [0, 0.05) is 24.8 Å². The Morgan fingerprint density at radius 1 is 1.00 bits per heavy atom. The second kappa shape index (κ2) is 6.06. The number of carbonyl (C=O) groups excluding carboxylic acids is 4. The lowest BCUT2D eigenvalue weighted by Crippen LogP contribution is -2.50. The molecule has 0 aromatic heterocycles. The third-order valence-electron chi connectivity index (χ3n) is 5.71. The number of carbonyl (C=O) groups is 4. The van der Waals surface area contributed by atoms with Crippen molar-refractivity contribution >= 4 is 35.4 Å². The van der Waals surface area contributed by atoms with E-state index in [2.05, 4.69) is 5.32 Å². The van der Waals surface area contributed by atoms with Crippen molar-refractivity contribution in [3.8, 4) is 0 Å². The molecule has 3 saturated heterocycles. The lowest BCUT2D eigenvalue weighted by molar-refractivity contribution is -0.145. The summed E-state index contributed by atoms with van der Waals surface area (Å²) in [5, 5.41) is 2.33. The first-order valence-electron chi connectivity index (χ1n) is 8.58. The number of nitrogens with one attached hydrogen (secondary N) is 1. The Balaban J connectivity index is 1.45. The zero-order valence-electron chi connectivity index (χ0n) is 13.4. The van der Waals surface area contributed by atoms with Crippen LogP contribution in [0.1, 0.15) is 25.7 Å². The monoisotopic (exact) mass is 351 g/mol. The van der Waals surface area contributed by atoms with Crippen molar-refractivity contribution in [1.29, 1.82) is 0 Å². The number of hydrogen-bond donors (Lipinski definition) is 1. The zero-order valence-corrected chi connectivity index (χ0v) is 14.2. The SMILES string of the molecule is O=C1NC(=O)[C@@H]2CN(C(=O)C3CSCN3C(=O)C3CCCC3)C[C@H]12. The van der Waals surface area contributed by atoms with Crippen molar-refractivity contribution in [3.63, 3.8) is 0 Å². The smallest absolute Gasteiger partial charge is 0.246 e. The highest BCUT2D eigenvalue weighted by Gasteiger charge is 2.51. The molecule has 4 aliphatic rings. The van der Waals surface area contributed by atoms with Gasteiger partial charge in [0.25, 0.3) is 0 Å². The molecular formula is C16H21N3O4S.